The first-order valence-corrected chi connectivity index (χ1v) is 5.90. The number of carboxylic acids is 1. The Hall–Kier alpha value is -1.35. The quantitative estimate of drug-likeness (QED) is 0.825. The molecule has 1 unspecified atom stereocenters. The third-order valence-corrected chi connectivity index (χ3v) is 2.57. The van der Waals surface area contributed by atoms with Crippen LogP contribution in [0.25, 0.3) is 0 Å². The molecule has 3 heteroatoms. The molecular formula is C14H21NO2. The number of carbonyl (C=O) groups is 1. The van der Waals surface area contributed by atoms with Crippen molar-refractivity contribution in [1.29, 1.82) is 0 Å². The highest BCUT2D eigenvalue weighted by Gasteiger charge is 2.18. The fraction of sp³-hybridized carbons (Fsp3) is 0.500. The topological polar surface area (TPSA) is 49.3 Å². The summed E-state index contributed by atoms with van der Waals surface area (Å²) in [5.74, 6) is -0.734. The molecule has 0 aliphatic heterocycles. The Balaban J connectivity index is 2.71. The van der Waals surface area contributed by atoms with Gasteiger partial charge in [-0.1, -0.05) is 30.3 Å². The smallest absolute Gasteiger partial charge is 0.304 e. The van der Waals surface area contributed by atoms with Gasteiger partial charge in [0.05, 0.1) is 6.42 Å². The fourth-order valence-electron chi connectivity index (χ4n) is 1.67. The van der Waals surface area contributed by atoms with Gasteiger partial charge in [0.2, 0.25) is 0 Å². The van der Waals surface area contributed by atoms with Crippen molar-refractivity contribution in [3.05, 3.63) is 35.9 Å². The Kier molecular flexibility index (Phi) is 4.70. The van der Waals surface area contributed by atoms with Crippen LogP contribution in [0.4, 0.5) is 0 Å². The molecule has 0 fully saturated rings. The van der Waals surface area contributed by atoms with Crippen LogP contribution in [-0.4, -0.2) is 23.2 Å². The van der Waals surface area contributed by atoms with Gasteiger partial charge in [0.1, 0.15) is 0 Å². The second-order valence-corrected chi connectivity index (χ2v) is 5.34. The number of hydrogen-bond donors (Lipinski definition) is 2. The average Bonchev–Trinajstić information content (AvgIpc) is 2.24. The van der Waals surface area contributed by atoms with Crippen LogP contribution in [0, 0.1) is 0 Å². The number of aliphatic carboxylic acids is 1. The summed E-state index contributed by atoms with van der Waals surface area (Å²) in [7, 11) is 0. The first kappa shape index (κ1) is 13.7. The zero-order chi connectivity index (χ0) is 12.9. The lowest BCUT2D eigenvalue weighted by molar-refractivity contribution is -0.137. The third kappa shape index (κ3) is 5.50. The van der Waals surface area contributed by atoms with Crippen LogP contribution in [-0.2, 0) is 4.79 Å². The van der Waals surface area contributed by atoms with Crippen molar-refractivity contribution in [1.82, 2.24) is 5.32 Å². The number of rotatable bonds is 5. The maximum absolute atomic E-state index is 10.9. The minimum Gasteiger partial charge on any atom is -0.481 e. The number of nitrogens with one attached hydrogen (secondary N) is 1. The van der Waals surface area contributed by atoms with Gasteiger partial charge in [0.25, 0.3) is 0 Å². The van der Waals surface area contributed by atoms with Crippen LogP contribution >= 0.6 is 0 Å². The van der Waals surface area contributed by atoms with Gasteiger partial charge in [0.15, 0.2) is 0 Å². The highest BCUT2D eigenvalue weighted by molar-refractivity contribution is 5.68. The summed E-state index contributed by atoms with van der Waals surface area (Å²) in [5, 5.41) is 12.3. The summed E-state index contributed by atoms with van der Waals surface area (Å²) in [4.78, 5) is 10.9. The molecule has 0 aliphatic carbocycles. The van der Waals surface area contributed by atoms with Gasteiger partial charge in [-0.15, -0.1) is 0 Å². The molecule has 0 amide bonds. The molecule has 94 valence electrons. The van der Waals surface area contributed by atoms with Crippen molar-refractivity contribution in [2.24, 2.45) is 0 Å². The van der Waals surface area contributed by atoms with E-state index in [9.17, 15) is 4.79 Å². The second-order valence-electron chi connectivity index (χ2n) is 5.34. The van der Waals surface area contributed by atoms with E-state index in [1.165, 1.54) is 0 Å². The molecule has 0 spiro atoms. The predicted octanol–water partition coefficient (Wildman–Crippen LogP) is 2.63. The molecule has 0 heterocycles. The van der Waals surface area contributed by atoms with Crippen LogP contribution in [0.15, 0.2) is 30.3 Å². The van der Waals surface area contributed by atoms with Crippen molar-refractivity contribution in [2.75, 3.05) is 6.54 Å². The highest BCUT2D eigenvalue weighted by atomic mass is 16.4. The van der Waals surface area contributed by atoms with Gasteiger partial charge in [-0.05, 0) is 26.3 Å². The average molecular weight is 235 g/mol. The lowest BCUT2D eigenvalue weighted by Crippen LogP contribution is -2.39. The summed E-state index contributed by atoms with van der Waals surface area (Å²) < 4.78 is 0. The maximum Gasteiger partial charge on any atom is 0.304 e. The van der Waals surface area contributed by atoms with Crippen molar-refractivity contribution in [3.63, 3.8) is 0 Å². The van der Waals surface area contributed by atoms with Gasteiger partial charge in [0, 0.05) is 18.0 Å². The Labute approximate surface area is 103 Å². The molecule has 1 atom stereocenters. The minimum atomic E-state index is -0.755. The molecule has 1 aromatic carbocycles. The highest BCUT2D eigenvalue weighted by Crippen LogP contribution is 2.19. The van der Waals surface area contributed by atoms with Crippen molar-refractivity contribution in [2.45, 2.75) is 38.6 Å². The summed E-state index contributed by atoms with van der Waals surface area (Å²) >= 11 is 0. The SMILES string of the molecule is CC(C)(C)NCC(CC(=O)O)c1ccccc1. The lowest BCUT2D eigenvalue weighted by atomic mass is 9.94. The Morgan fingerprint density at radius 2 is 1.88 bits per heavy atom. The molecule has 0 aliphatic rings. The van der Waals surface area contributed by atoms with Gasteiger partial charge in [-0.25, -0.2) is 0 Å². The van der Waals surface area contributed by atoms with Crippen LogP contribution in [0.1, 0.15) is 38.7 Å². The van der Waals surface area contributed by atoms with E-state index in [1.54, 1.807) is 0 Å². The number of carboxylic acid groups (broad SMARTS) is 1. The van der Waals surface area contributed by atoms with Crippen molar-refractivity contribution < 1.29 is 9.90 Å². The van der Waals surface area contributed by atoms with Gasteiger partial charge >= 0.3 is 5.97 Å². The molecule has 17 heavy (non-hydrogen) atoms. The fourth-order valence-corrected chi connectivity index (χ4v) is 1.67. The van der Waals surface area contributed by atoms with E-state index in [0.717, 1.165) is 5.56 Å². The molecule has 0 bridgehead atoms. The molecule has 0 radical (unpaired) electrons. The standard InChI is InChI=1S/C14H21NO2/c1-14(2,3)15-10-12(9-13(16)17)11-7-5-4-6-8-11/h4-8,12,15H,9-10H2,1-3H3,(H,16,17). The summed E-state index contributed by atoms with van der Waals surface area (Å²) in [5.41, 5.74) is 1.08. The summed E-state index contributed by atoms with van der Waals surface area (Å²) in [6.07, 6.45) is 0.160. The Morgan fingerprint density at radius 3 is 2.35 bits per heavy atom. The van der Waals surface area contributed by atoms with Crippen molar-refractivity contribution >= 4 is 5.97 Å². The molecule has 1 rings (SSSR count). The number of hydrogen-bond acceptors (Lipinski definition) is 2. The van der Waals surface area contributed by atoms with Crippen LogP contribution in [0.2, 0.25) is 0 Å². The van der Waals surface area contributed by atoms with Gasteiger partial charge in [-0.2, -0.15) is 0 Å². The van der Waals surface area contributed by atoms with E-state index in [2.05, 4.69) is 26.1 Å². The molecule has 2 N–H and O–H groups in total. The van der Waals surface area contributed by atoms with Gasteiger partial charge < -0.3 is 10.4 Å². The first-order valence-electron chi connectivity index (χ1n) is 5.90. The minimum absolute atomic E-state index is 0.00549. The predicted molar refractivity (Wildman–Crippen MR) is 69.2 cm³/mol. The van der Waals surface area contributed by atoms with E-state index >= 15 is 0 Å². The largest absolute Gasteiger partial charge is 0.481 e. The number of benzene rings is 1. The van der Waals surface area contributed by atoms with Crippen LogP contribution in [0.5, 0.6) is 0 Å². The third-order valence-electron chi connectivity index (χ3n) is 2.57. The molecule has 1 aromatic rings. The zero-order valence-electron chi connectivity index (χ0n) is 10.7. The lowest BCUT2D eigenvalue weighted by Gasteiger charge is -2.24. The Bertz CT molecular complexity index is 354. The molecular weight excluding hydrogens is 214 g/mol. The van der Waals surface area contributed by atoms with Crippen LogP contribution < -0.4 is 5.32 Å². The summed E-state index contributed by atoms with van der Waals surface area (Å²) in [6, 6.07) is 9.80. The van der Waals surface area contributed by atoms with Gasteiger partial charge in [-0.3, -0.25) is 4.79 Å². The normalized spacial score (nSPS) is 13.4. The Morgan fingerprint density at radius 1 is 1.29 bits per heavy atom. The maximum atomic E-state index is 10.9. The monoisotopic (exact) mass is 235 g/mol. The van der Waals surface area contributed by atoms with E-state index in [-0.39, 0.29) is 17.9 Å². The molecule has 0 aromatic heterocycles. The zero-order valence-corrected chi connectivity index (χ0v) is 10.7. The summed E-state index contributed by atoms with van der Waals surface area (Å²) in [6.45, 7) is 6.92. The van der Waals surface area contributed by atoms with Crippen LogP contribution in [0.3, 0.4) is 0 Å². The van der Waals surface area contributed by atoms with E-state index in [0.29, 0.717) is 6.54 Å². The molecule has 3 nitrogen and oxygen atoms in total. The van der Waals surface area contributed by atoms with E-state index in [4.69, 9.17) is 5.11 Å². The van der Waals surface area contributed by atoms with E-state index in [1.807, 2.05) is 30.3 Å². The molecule has 0 saturated heterocycles. The van der Waals surface area contributed by atoms with Crippen molar-refractivity contribution in [3.8, 4) is 0 Å². The molecule has 0 saturated carbocycles. The first-order chi connectivity index (χ1) is 7.88. The second kappa shape index (κ2) is 5.82. The van der Waals surface area contributed by atoms with E-state index < -0.39 is 5.97 Å².